The van der Waals surface area contributed by atoms with Crippen LogP contribution >= 0.6 is 35.6 Å². The number of thiocarbonyl (C=S) groups is 1. The van der Waals surface area contributed by atoms with Crippen LogP contribution in [0.4, 0.5) is 0 Å². The third-order valence-electron chi connectivity index (χ3n) is 3.70. The maximum Gasteiger partial charge on any atom is 0.255 e. The molecule has 2 heterocycles. The van der Waals surface area contributed by atoms with Gasteiger partial charge < -0.3 is 10.6 Å². The molecule has 0 aliphatic carbocycles. The van der Waals surface area contributed by atoms with Crippen molar-refractivity contribution < 1.29 is 4.79 Å². The van der Waals surface area contributed by atoms with Gasteiger partial charge in [0.25, 0.3) is 5.91 Å². The molecule has 1 amide bonds. The Balaban J connectivity index is 2.10. The van der Waals surface area contributed by atoms with E-state index in [1.807, 2.05) is 6.26 Å². The van der Waals surface area contributed by atoms with E-state index < -0.39 is 0 Å². The zero-order chi connectivity index (χ0) is 14.8. The van der Waals surface area contributed by atoms with E-state index in [1.165, 1.54) is 6.20 Å². The van der Waals surface area contributed by atoms with E-state index in [0.29, 0.717) is 28.7 Å². The van der Waals surface area contributed by atoms with E-state index in [2.05, 4.69) is 4.98 Å². The number of hydrogen-bond donors (Lipinski definition) is 1. The number of piperidine rings is 1. The van der Waals surface area contributed by atoms with Gasteiger partial charge in [-0.3, -0.25) is 9.78 Å². The normalized spacial score (nSPS) is 17.8. The van der Waals surface area contributed by atoms with Crippen LogP contribution in [0.2, 0.25) is 5.02 Å². The highest BCUT2D eigenvalue weighted by Gasteiger charge is 2.38. The van der Waals surface area contributed by atoms with Crippen molar-refractivity contribution in [3.63, 3.8) is 0 Å². The van der Waals surface area contributed by atoms with Gasteiger partial charge in [0.2, 0.25) is 0 Å². The van der Waals surface area contributed by atoms with Crippen LogP contribution in [0.5, 0.6) is 0 Å². The number of amides is 1. The van der Waals surface area contributed by atoms with Crippen molar-refractivity contribution in [3.8, 4) is 0 Å². The zero-order valence-electron chi connectivity index (χ0n) is 11.1. The zero-order valence-corrected chi connectivity index (χ0v) is 13.5. The van der Waals surface area contributed by atoms with Crippen LogP contribution in [-0.2, 0) is 0 Å². The van der Waals surface area contributed by atoms with Crippen LogP contribution in [0.3, 0.4) is 0 Å². The van der Waals surface area contributed by atoms with Crippen molar-refractivity contribution in [2.24, 2.45) is 5.73 Å². The summed E-state index contributed by atoms with van der Waals surface area (Å²) < 4.78 is -0.186. The number of thioether (sulfide) groups is 1. The van der Waals surface area contributed by atoms with Gasteiger partial charge in [0.15, 0.2) is 0 Å². The van der Waals surface area contributed by atoms with E-state index >= 15 is 0 Å². The summed E-state index contributed by atoms with van der Waals surface area (Å²) >= 11 is 12.9. The maximum absolute atomic E-state index is 12.4. The second-order valence-corrected chi connectivity index (χ2v) is 6.75. The van der Waals surface area contributed by atoms with Crippen molar-refractivity contribution in [1.29, 1.82) is 0 Å². The summed E-state index contributed by atoms with van der Waals surface area (Å²) in [6, 6.07) is 1.65. The molecule has 0 saturated carbocycles. The fourth-order valence-corrected chi connectivity index (χ4v) is 3.79. The highest BCUT2D eigenvalue weighted by atomic mass is 35.5. The fraction of sp³-hybridized carbons (Fsp3) is 0.462. The summed E-state index contributed by atoms with van der Waals surface area (Å²) in [6.45, 7) is 1.27. The molecule has 0 unspecified atom stereocenters. The molecule has 1 saturated heterocycles. The quantitative estimate of drug-likeness (QED) is 0.863. The summed E-state index contributed by atoms with van der Waals surface area (Å²) in [7, 11) is 0. The molecular formula is C13H16ClN3OS2. The lowest BCUT2D eigenvalue weighted by Gasteiger charge is -2.40. The van der Waals surface area contributed by atoms with Crippen LogP contribution in [0, 0.1) is 0 Å². The molecule has 0 bridgehead atoms. The predicted octanol–water partition coefficient (Wildman–Crippen LogP) is 2.36. The predicted molar refractivity (Wildman–Crippen MR) is 87.4 cm³/mol. The molecule has 20 heavy (non-hydrogen) atoms. The molecule has 1 aromatic rings. The number of nitrogens with two attached hydrogens (primary N) is 1. The van der Waals surface area contributed by atoms with Gasteiger partial charge in [0.1, 0.15) is 0 Å². The minimum atomic E-state index is -0.186. The lowest BCUT2D eigenvalue weighted by atomic mass is 9.95. The summed E-state index contributed by atoms with van der Waals surface area (Å²) in [5.41, 5.74) is 6.34. The number of carbonyl (C=O) groups is 1. The van der Waals surface area contributed by atoms with Crippen molar-refractivity contribution in [3.05, 3.63) is 29.0 Å². The van der Waals surface area contributed by atoms with Gasteiger partial charge in [-0.1, -0.05) is 23.8 Å². The number of likely N-dealkylation sites (tertiary alicyclic amines) is 1. The van der Waals surface area contributed by atoms with E-state index in [-0.39, 0.29) is 10.7 Å². The minimum absolute atomic E-state index is 0.0601. The Morgan fingerprint density at radius 1 is 1.55 bits per heavy atom. The number of carbonyl (C=O) groups excluding carboxylic acids is 1. The van der Waals surface area contributed by atoms with Gasteiger partial charge in [-0.15, -0.1) is 0 Å². The van der Waals surface area contributed by atoms with E-state index in [0.717, 1.165) is 12.8 Å². The van der Waals surface area contributed by atoms with Gasteiger partial charge in [0.05, 0.1) is 20.3 Å². The molecular weight excluding hydrogens is 314 g/mol. The summed E-state index contributed by atoms with van der Waals surface area (Å²) in [6.07, 6.45) is 6.62. The summed E-state index contributed by atoms with van der Waals surface area (Å²) in [5, 5.41) is 0.383. The SMILES string of the molecule is CSC1(C(N)=S)CCN(C(=O)c2ccncc2Cl)CC1. The van der Waals surface area contributed by atoms with Crippen molar-refractivity contribution in [2.45, 2.75) is 17.6 Å². The third-order valence-corrected chi connectivity index (χ3v) is 5.93. The topological polar surface area (TPSA) is 59.2 Å². The Hall–Kier alpha value is -0.850. The van der Waals surface area contributed by atoms with Crippen LogP contribution in [0.1, 0.15) is 23.2 Å². The van der Waals surface area contributed by atoms with Gasteiger partial charge >= 0.3 is 0 Å². The van der Waals surface area contributed by atoms with Crippen molar-refractivity contribution >= 4 is 46.5 Å². The largest absolute Gasteiger partial charge is 0.392 e. The average Bonchev–Trinajstić information content (AvgIpc) is 2.47. The molecule has 1 fully saturated rings. The molecule has 1 aliphatic rings. The van der Waals surface area contributed by atoms with Crippen LogP contribution in [-0.4, -0.2) is 44.9 Å². The second-order valence-electron chi connectivity index (χ2n) is 4.71. The Labute approximate surface area is 133 Å². The average molecular weight is 330 g/mol. The number of pyridine rings is 1. The molecule has 2 N–H and O–H groups in total. The van der Waals surface area contributed by atoms with Crippen LogP contribution in [0.25, 0.3) is 0 Å². The van der Waals surface area contributed by atoms with E-state index in [1.54, 1.807) is 28.9 Å². The molecule has 0 aromatic carbocycles. The molecule has 0 spiro atoms. The molecule has 1 aliphatic heterocycles. The molecule has 4 nitrogen and oxygen atoms in total. The number of nitrogens with zero attached hydrogens (tertiary/aromatic N) is 2. The van der Waals surface area contributed by atoms with Gasteiger partial charge in [-0.2, -0.15) is 11.8 Å². The van der Waals surface area contributed by atoms with Gasteiger partial charge in [0, 0.05) is 25.5 Å². The molecule has 0 atom stereocenters. The Kier molecular flexibility index (Phi) is 4.88. The number of rotatable bonds is 3. The van der Waals surface area contributed by atoms with Crippen LogP contribution < -0.4 is 5.73 Å². The lowest BCUT2D eigenvalue weighted by molar-refractivity contribution is 0.0719. The highest BCUT2D eigenvalue weighted by Crippen LogP contribution is 2.35. The molecule has 108 valence electrons. The van der Waals surface area contributed by atoms with E-state index in [9.17, 15) is 4.79 Å². The minimum Gasteiger partial charge on any atom is -0.392 e. The Bertz CT molecular complexity index is 530. The third kappa shape index (κ3) is 2.92. The number of aromatic nitrogens is 1. The van der Waals surface area contributed by atoms with Crippen molar-refractivity contribution in [1.82, 2.24) is 9.88 Å². The van der Waals surface area contributed by atoms with E-state index in [4.69, 9.17) is 29.6 Å². The van der Waals surface area contributed by atoms with Crippen LogP contribution in [0.15, 0.2) is 18.5 Å². The van der Waals surface area contributed by atoms with Crippen molar-refractivity contribution in [2.75, 3.05) is 19.3 Å². The first-order valence-corrected chi connectivity index (χ1v) is 8.25. The monoisotopic (exact) mass is 329 g/mol. The molecule has 1 aromatic heterocycles. The number of halogens is 1. The second kappa shape index (κ2) is 6.28. The fourth-order valence-electron chi connectivity index (χ4n) is 2.34. The van der Waals surface area contributed by atoms with Gasteiger partial charge in [-0.05, 0) is 25.2 Å². The van der Waals surface area contributed by atoms with Gasteiger partial charge in [-0.25, -0.2) is 0 Å². The first kappa shape index (κ1) is 15.5. The lowest BCUT2D eigenvalue weighted by Crippen LogP contribution is -2.50. The smallest absolute Gasteiger partial charge is 0.255 e. The molecule has 2 rings (SSSR count). The summed E-state index contributed by atoms with van der Waals surface area (Å²) in [4.78, 5) is 18.7. The standard InChI is InChI=1S/C13H16ClN3OS2/c1-20-13(12(15)19)3-6-17(7-4-13)11(18)9-2-5-16-8-10(9)14/h2,5,8H,3-4,6-7H2,1H3,(H2,15,19). The Morgan fingerprint density at radius 3 is 2.70 bits per heavy atom. The first-order valence-electron chi connectivity index (χ1n) is 6.24. The highest BCUT2D eigenvalue weighted by molar-refractivity contribution is 8.02. The molecule has 0 radical (unpaired) electrons. The first-order chi connectivity index (χ1) is 9.50. The Morgan fingerprint density at radius 2 is 2.20 bits per heavy atom. The number of hydrogen-bond acceptors (Lipinski definition) is 4. The molecule has 7 heteroatoms. The maximum atomic E-state index is 12.4. The summed E-state index contributed by atoms with van der Waals surface area (Å²) in [5.74, 6) is -0.0601.